The van der Waals surface area contributed by atoms with Crippen LogP contribution in [0.4, 0.5) is 10.5 Å². The number of aliphatic carboxylic acids is 1. The van der Waals surface area contributed by atoms with Crippen LogP contribution in [0.1, 0.15) is 12.0 Å². The molecule has 37 heavy (non-hydrogen) atoms. The summed E-state index contributed by atoms with van der Waals surface area (Å²) in [4.78, 5) is 50.7. The number of carbonyl (C=O) groups excluding carboxylic acids is 1. The molecule has 0 aliphatic heterocycles. The topological polar surface area (TPSA) is 138 Å². The summed E-state index contributed by atoms with van der Waals surface area (Å²) in [5.41, 5.74) is 1.69. The smallest absolute Gasteiger partial charge is 0.319 e. The SMILES string of the molecule is O=C(O)CCn1c(=O)c(=O)[nH]c2ccc3ccc(-n4ccc(CNC(=O)Nc5ccccc5)c4)cc3c21. The molecule has 2 amide bonds. The third-order valence-corrected chi connectivity index (χ3v) is 6.02. The Hall–Kier alpha value is -5.12. The second kappa shape index (κ2) is 9.86. The highest BCUT2D eigenvalue weighted by Crippen LogP contribution is 2.26. The number of benzene rings is 3. The van der Waals surface area contributed by atoms with Gasteiger partial charge in [-0.05, 0) is 47.3 Å². The average molecular weight is 498 g/mol. The van der Waals surface area contributed by atoms with Crippen LogP contribution >= 0.6 is 0 Å². The van der Waals surface area contributed by atoms with Crippen LogP contribution in [-0.2, 0) is 17.9 Å². The number of carboxylic acid groups (broad SMARTS) is 1. The number of carboxylic acids is 1. The number of fused-ring (bicyclic) bond motifs is 3. The van der Waals surface area contributed by atoms with E-state index in [4.69, 9.17) is 5.11 Å². The average Bonchev–Trinajstić information content (AvgIpc) is 3.37. The minimum atomic E-state index is -1.06. The van der Waals surface area contributed by atoms with Crippen LogP contribution in [0.5, 0.6) is 0 Å². The van der Waals surface area contributed by atoms with Crippen LogP contribution in [0.15, 0.2) is 88.7 Å². The number of nitrogens with zero attached hydrogens (tertiary/aromatic N) is 2. The highest BCUT2D eigenvalue weighted by molar-refractivity contribution is 6.04. The molecule has 0 atom stereocenters. The molecule has 0 saturated carbocycles. The second-order valence-corrected chi connectivity index (χ2v) is 8.52. The van der Waals surface area contributed by atoms with Crippen LogP contribution in [0.25, 0.3) is 27.5 Å². The molecule has 0 fully saturated rings. The van der Waals surface area contributed by atoms with E-state index in [0.29, 0.717) is 28.7 Å². The largest absolute Gasteiger partial charge is 0.481 e. The number of para-hydroxylation sites is 1. The number of anilines is 1. The lowest BCUT2D eigenvalue weighted by Crippen LogP contribution is -2.36. The van der Waals surface area contributed by atoms with Crippen molar-refractivity contribution < 1.29 is 14.7 Å². The fourth-order valence-corrected chi connectivity index (χ4v) is 4.25. The summed E-state index contributed by atoms with van der Waals surface area (Å²) >= 11 is 0. The maximum absolute atomic E-state index is 12.6. The number of aryl methyl sites for hydroxylation is 1. The van der Waals surface area contributed by atoms with Gasteiger partial charge in [-0.2, -0.15) is 0 Å². The van der Waals surface area contributed by atoms with E-state index in [-0.39, 0.29) is 19.0 Å². The molecule has 5 aromatic rings. The lowest BCUT2D eigenvalue weighted by Gasteiger charge is -2.13. The number of hydrogen-bond donors (Lipinski definition) is 4. The number of urea groups is 1. The first-order chi connectivity index (χ1) is 17.9. The highest BCUT2D eigenvalue weighted by Gasteiger charge is 2.13. The van der Waals surface area contributed by atoms with Crippen LogP contribution in [0, 0.1) is 0 Å². The molecule has 0 radical (unpaired) electrons. The number of H-pyrrole nitrogens is 1. The number of aromatic amines is 1. The Balaban J connectivity index is 1.45. The highest BCUT2D eigenvalue weighted by atomic mass is 16.4. The standard InChI is InChI=1S/C27H23N5O5/c33-23(34)11-13-32-24-21-14-20(8-6-18(21)7-9-22(24)30-25(35)26(32)36)31-12-10-17(16-31)15-28-27(37)29-19-4-2-1-3-5-19/h1-10,12,14,16H,11,13,15H2,(H,30,35)(H,33,34)(H2,28,29,37). The molecule has 3 aromatic carbocycles. The lowest BCUT2D eigenvalue weighted by molar-refractivity contribution is -0.137. The zero-order valence-corrected chi connectivity index (χ0v) is 19.6. The molecular formula is C27H23N5O5. The monoisotopic (exact) mass is 497 g/mol. The number of carbonyl (C=O) groups is 2. The maximum atomic E-state index is 12.6. The first-order valence-electron chi connectivity index (χ1n) is 11.6. The summed E-state index contributed by atoms with van der Waals surface area (Å²) in [6, 6.07) is 20.0. The minimum absolute atomic E-state index is 0.123. The Labute approximate surface area is 209 Å². The number of aromatic nitrogens is 3. The Morgan fingerprint density at radius 3 is 2.54 bits per heavy atom. The summed E-state index contributed by atoms with van der Waals surface area (Å²) in [6.07, 6.45) is 3.45. The molecule has 0 aliphatic rings. The lowest BCUT2D eigenvalue weighted by atomic mass is 10.1. The Morgan fingerprint density at radius 1 is 0.973 bits per heavy atom. The van der Waals surface area contributed by atoms with E-state index in [0.717, 1.165) is 16.6 Å². The zero-order chi connectivity index (χ0) is 25.9. The van der Waals surface area contributed by atoms with Crippen LogP contribution in [0.3, 0.4) is 0 Å². The van der Waals surface area contributed by atoms with Gasteiger partial charge in [-0.1, -0.05) is 30.3 Å². The van der Waals surface area contributed by atoms with Gasteiger partial charge in [-0.15, -0.1) is 0 Å². The van der Waals surface area contributed by atoms with Gasteiger partial charge in [0.25, 0.3) is 0 Å². The quantitative estimate of drug-likeness (QED) is 0.202. The van der Waals surface area contributed by atoms with E-state index >= 15 is 0 Å². The van der Waals surface area contributed by atoms with Crippen molar-refractivity contribution >= 4 is 39.5 Å². The summed E-state index contributed by atoms with van der Waals surface area (Å²) < 4.78 is 3.11. The number of amides is 2. The summed E-state index contributed by atoms with van der Waals surface area (Å²) in [6.45, 7) is 0.195. The van der Waals surface area contributed by atoms with Crippen molar-refractivity contribution in [1.82, 2.24) is 19.4 Å². The molecule has 0 aliphatic carbocycles. The number of rotatable bonds is 7. The Bertz CT molecular complexity index is 1750. The number of hydrogen-bond acceptors (Lipinski definition) is 4. The van der Waals surface area contributed by atoms with Gasteiger partial charge >= 0.3 is 23.1 Å². The first-order valence-corrected chi connectivity index (χ1v) is 11.6. The van der Waals surface area contributed by atoms with Gasteiger partial charge in [-0.3, -0.25) is 14.4 Å². The first kappa shape index (κ1) is 23.6. The molecule has 0 unspecified atom stereocenters. The van der Waals surface area contributed by atoms with E-state index < -0.39 is 17.1 Å². The van der Waals surface area contributed by atoms with Crippen molar-refractivity contribution in [3.8, 4) is 5.69 Å². The normalized spacial score (nSPS) is 11.0. The van der Waals surface area contributed by atoms with Crippen molar-refractivity contribution in [3.05, 3.63) is 105 Å². The van der Waals surface area contributed by atoms with Gasteiger partial charge in [-0.25, -0.2) is 4.79 Å². The molecule has 2 heterocycles. The number of nitrogens with one attached hydrogen (secondary N) is 3. The van der Waals surface area contributed by atoms with Gasteiger partial charge < -0.3 is 29.9 Å². The predicted molar refractivity (Wildman–Crippen MR) is 140 cm³/mol. The molecular weight excluding hydrogens is 474 g/mol. The Morgan fingerprint density at radius 2 is 1.76 bits per heavy atom. The van der Waals surface area contributed by atoms with Crippen molar-refractivity contribution in [2.24, 2.45) is 0 Å². The van der Waals surface area contributed by atoms with Crippen molar-refractivity contribution in [2.75, 3.05) is 5.32 Å². The molecule has 10 heteroatoms. The minimum Gasteiger partial charge on any atom is -0.481 e. The molecule has 0 spiro atoms. The third kappa shape index (κ3) is 4.98. The summed E-state index contributed by atoms with van der Waals surface area (Å²) in [7, 11) is 0. The molecule has 5 rings (SSSR count). The zero-order valence-electron chi connectivity index (χ0n) is 19.6. The van der Waals surface area contributed by atoms with E-state index in [9.17, 15) is 19.2 Å². The molecule has 186 valence electrons. The molecule has 0 saturated heterocycles. The fourth-order valence-electron chi connectivity index (χ4n) is 4.25. The predicted octanol–water partition coefficient (Wildman–Crippen LogP) is 3.43. The fraction of sp³-hybridized carbons (Fsp3) is 0.111. The van der Waals surface area contributed by atoms with Gasteiger partial charge in [0.05, 0.1) is 17.5 Å². The second-order valence-electron chi connectivity index (χ2n) is 8.52. The van der Waals surface area contributed by atoms with E-state index in [1.54, 1.807) is 18.2 Å². The summed E-state index contributed by atoms with van der Waals surface area (Å²) in [5.74, 6) is -1.06. The molecule has 10 nitrogen and oxygen atoms in total. The van der Waals surface area contributed by atoms with Gasteiger partial charge in [0.1, 0.15) is 0 Å². The van der Waals surface area contributed by atoms with E-state index in [1.807, 2.05) is 65.5 Å². The van der Waals surface area contributed by atoms with Crippen LogP contribution in [-0.4, -0.2) is 31.2 Å². The van der Waals surface area contributed by atoms with Crippen LogP contribution < -0.4 is 21.8 Å². The van der Waals surface area contributed by atoms with Crippen molar-refractivity contribution in [3.63, 3.8) is 0 Å². The summed E-state index contributed by atoms with van der Waals surface area (Å²) in [5, 5.41) is 16.3. The van der Waals surface area contributed by atoms with Crippen molar-refractivity contribution in [2.45, 2.75) is 19.5 Å². The third-order valence-electron chi connectivity index (χ3n) is 6.02. The Kier molecular flexibility index (Phi) is 6.29. The molecule has 0 bridgehead atoms. The molecule has 4 N–H and O–H groups in total. The van der Waals surface area contributed by atoms with Gasteiger partial charge in [0, 0.05) is 42.2 Å². The van der Waals surface area contributed by atoms with Crippen LogP contribution in [0.2, 0.25) is 0 Å². The van der Waals surface area contributed by atoms with E-state index in [2.05, 4.69) is 15.6 Å². The molecule has 2 aromatic heterocycles. The van der Waals surface area contributed by atoms with Crippen molar-refractivity contribution in [1.29, 1.82) is 0 Å². The van der Waals surface area contributed by atoms with Gasteiger partial charge in [0.15, 0.2) is 0 Å². The van der Waals surface area contributed by atoms with E-state index in [1.165, 1.54) is 4.57 Å². The van der Waals surface area contributed by atoms with Gasteiger partial charge in [0.2, 0.25) is 0 Å². The maximum Gasteiger partial charge on any atom is 0.319 e.